The molecule has 1 rings (SSSR count). The molecule has 14 nitrogen and oxygen atoms in total. The molecule has 248 valence electrons. The maximum absolute atomic E-state index is 9.12. The van der Waals surface area contributed by atoms with Gasteiger partial charge in [-0.1, -0.05) is 51.4 Å². The van der Waals surface area contributed by atoms with Crippen LogP contribution in [-0.4, -0.2) is 162 Å². The second-order valence-corrected chi connectivity index (χ2v) is 9.04. The lowest BCUT2D eigenvalue weighted by Gasteiger charge is -2.37. The van der Waals surface area contributed by atoms with Gasteiger partial charge in [-0.05, 0) is 18.6 Å². The number of aliphatic hydroxyl groups excluding tert-OH is 13. The van der Waals surface area contributed by atoms with Crippen LogP contribution in [0.15, 0.2) is 0 Å². The molecule has 0 aliphatic carbocycles. The molecule has 13 N–H and O–H groups in total. The van der Waals surface area contributed by atoms with Crippen LogP contribution >= 0.6 is 12.6 Å². The highest BCUT2D eigenvalue weighted by Crippen LogP contribution is 2.19. The summed E-state index contributed by atoms with van der Waals surface area (Å²) in [6, 6.07) is 0. The van der Waals surface area contributed by atoms with Gasteiger partial charge in [0.1, 0.15) is 24.4 Å². The number of aliphatic hydroxyl groups is 13. The van der Waals surface area contributed by atoms with Crippen molar-refractivity contribution in [3.63, 3.8) is 0 Å². The molecule has 1 aliphatic rings. The Labute approximate surface area is 243 Å². The van der Waals surface area contributed by atoms with Gasteiger partial charge in [-0.2, -0.15) is 12.6 Å². The predicted molar refractivity (Wildman–Crippen MR) is 152 cm³/mol. The summed E-state index contributed by atoms with van der Waals surface area (Å²) in [5, 5.41) is 108. The van der Waals surface area contributed by atoms with Crippen LogP contribution in [0.5, 0.6) is 0 Å². The van der Waals surface area contributed by atoms with Crippen LogP contribution in [0, 0.1) is 0 Å². The molecule has 0 amide bonds. The average Bonchev–Trinajstić information content (AvgIpc) is 2.99. The molecule has 0 spiro atoms. The third-order valence-corrected chi connectivity index (χ3v) is 5.39. The highest BCUT2D eigenvalue weighted by Gasteiger charge is 2.42. The van der Waals surface area contributed by atoms with Gasteiger partial charge in [-0.25, -0.2) is 0 Å². The molecule has 1 fully saturated rings. The summed E-state index contributed by atoms with van der Waals surface area (Å²) >= 11 is 4.19. The molecule has 1 heterocycles. The maximum atomic E-state index is 9.12. The molecule has 2 unspecified atom stereocenters. The van der Waals surface area contributed by atoms with E-state index in [1.807, 2.05) is 0 Å². The predicted octanol–water partition coefficient (Wildman–Crippen LogP) is -3.14. The van der Waals surface area contributed by atoms with Gasteiger partial charge < -0.3 is 71.1 Å². The van der Waals surface area contributed by atoms with E-state index >= 15 is 0 Å². The summed E-state index contributed by atoms with van der Waals surface area (Å²) in [5.74, 6) is 1.02. The normalized spacial score (nSPS) is 22.2. The van der Waals surface area contributed by atoms with Gasteiger partial charge in [0.15, 0.2) is 6.29 Å². The monoisotopic (exact) mass is 614 g/mol. The summed E-state index contributed by atoms with van der Waals surface area (Å²) < 4.78 is 4.58. The van der Waals surface area contributed by atoms with Crippen molar-refractivity contribution >= 4 is 12.6 Å². The summed E-state index contributed by atoms with van der Waals surface area (Å²) in [6.45, 7) is -1.37. The van der Waals surface area contributed by atoms with E-state index in [1.165, 1.54) is 51.4 Å². The summed E-state index contributed by atoms with van der Waals surface area (Å²) in [5.41, 5.74) is 0. The van der Waals surface area contributed by atoms with Crippen molar-refractivity contribution in [2.24, 2.45) is 0 Å². The first-order valence-electron chi connectivity index (χ1n) is 13.7. The first-order valence-corrected chi connectivity index (χ1v) is 14.3. The Morgan fingerprint density at radius 3 is 1.23 bits per heavy atom. The molecule has 0 aromatic carbocycles. The van der Waals surface area contributed by atoms with Gasteiger partial charge in [0.2, 0.25) is 0 Å². The average molecular weight is 615 g/mol. The molecule has 1 aliphatic heterocycles. The summed E-state index contributed by atoms with van der Waals surface area (Å²) in [6.07, 6.45) is 4.65. The highest BCUT2D eigenvalue weighted by atomic mass is 32.1. The van der Waals surface area contributed by atoms with Crippen LogP contribution in [0.25, 0.3) is 0 Å². The third kappa shape index (κ3) is 34.0. The summed E-state index contributed by atoms with van der Waals surface area (Å²) in [7, 11) is 0. The van der Waals surface area contributed by atoms with Crippen molar-refractivity contribution in [2.75, 3.05) is 58.6 Å². The van der Waals surface area contributed by atoms with Gasteiger partial charge in [-0.15, -0.1) is 0 Å². The fourth-order valence-electron chi connectivity index (χ4n) is 2.90. The molecule has 0 bridgehead atoms. The Morgan fingerprint density at radius 1 is 0.525 bits per heavy atom. The molecule has 1 saturated heterocycles. The van der Waals surface area contributed by atoms with Gasteiger partial charge in [0, 0.05) is 0 Å². The second kappa shape index (κ2) is 38.8. The fraction of sp³-hybridized carbons (Fsp3) is 1.00. The van der Waals surface area contributed by atoms with Crippen molar-refractivity contribution in [1.82, 2.24) is 0 Å². The zero-order valence-electron chi connectivity index (χ0n) is 23.6. The number of hydrogen-bond acceptors (Lipinski definition) is 15. The Kier molecular flexibility index (Phi) is 45.3. The Hall–Kier alpha value is -0.210. The van der Waals surface area contributed by atoms with Crippen LogP contribution in [0.2, 0.25) is 0 Å². The van der Waals surface area contributed by atoms with E-state index < -0.39 is 43.4 Å². The van der Waals surface area contributed by atoms with Crippen molar-refractivity contribution in [3.05, 3.63) is 0 Å². The van der Waals surface area contributed by atoms with Gasteiger partial charge in [0.25, 0.3) is 0 Å². The molecule has 15 heteroatoms. The number of rotatable bonds is 16. The molecule has 40 heavy (non-hydrogen) atoms. The van der Waals surface area contributed by atoms with Crippen molar-refractivity contribution in [3.8, 4) is 0 Å². The number of unbranched alkanes of at least 4 members (excludes halogenated alkanes) is 8. The van der Waals surface area contributed by atoms with Crippen LogP contribution in [0.3, 0.4) is 0 Å². The molecule has 0 aromatic heterocycles. The molecule has 0 aromatic rings. The van der Waals surface area contributed by atoms with Crippen LogP contribution in [0.1, 0.15) is 64.2 Å². The number of hydrogen-bond donors (Lipinski definition) is 14. The second-order valence-electron chi connectivity index (χ2n) is 8.59. The highest BCUT2D eigenvalue weighted by molar-refractivity contribution is 7.80. The number of ether oxygens (including phenoxy) is 1. The van der Waals surface area contributed by atoms with E-state index in [4.69, 9.17) is 66.4 Å². The first kappa shape index (κ1) is 46.7. The minimum atomic E-state index is -1.57. The first-order chi connectivity index (χ1) is 19.1. The minimum absolute atomic E-state index is 0.0921. The topological polar surface area (TPSA) is 272 Å². The molecular weight excluding hydrogens is 556 g/mol. The minimum Gasteiger partial charge on any atom is -0.394 e. The smallest absolute Gasteiger partial charge is 0.184 e. The van der Waals surface area contributed by atoms with E-state index in [2.05, 4.69) is 17.4 Å². The third-order valence-electron chi connectivity index (χ3n) is 5.07. The van der Waals surface area contributed by atoms with Gasteiger partial charge in [0.05, 0.1) is 59.0 Å². The van der Waals surface area contributed by atoms with E-state index in [1.54, 1.807) is 0 Å². The lowest BCUT2D eigenvalue weighted by Crippen LogP contribution is -2.58. The summed E-state index contributed by atoms with van der Waals surface area (Å²) in [4.78, 5) is 0. The van der Waals surface area contributed by atoms with Crippen molar-refractivity contribution < 1.29 is 71.1 Å². The van der Waals surface area contributed by atoms with Gasteiger partial charge >= 0.3 is 0 Å². The van der Waals surface area contributed by atoms with Crippen LogP contribution in [0.4, 0.5) is 0 Å². The standard InChI is InChI=1S/C13H28O2S.C6H12O6.3C2H6O2/c14-12-13(15)10-8-6-4-2-1-3-5-7-9-11-16;7-1-2-3(8)4(9)5(10)6(11)12-2;3*3-1-2-4/h13-16H,1-12H2;2-11H,1H2;3*3-4H,1-2H2/t;2-,3-,4+,5+,6?;;;/m.1.../s1. The van der Waals surface area contributed by atoms with Gasteiger partial charge in [-0.3, -0.25) is 0 Å². The lowest BCUT2D eigenvalue weighted by molar-refractivity contribution is -0.286. The van der Waals surface area contributed by atoms with E-state index in [-0.39, 0.29) is 46.2 Å². The van der Waals surface area contributed by atoms with Crippen LogP contribution < -0.4 is 0 Å². The molecule has 0 saturated carbocycles. The molecular formula is C25H58O14S. The zero-order chi connectivity index (χ0) is 31.6. The Bertz CT molecular complexity index is 422. The van der Waals surface area contributed by atoms with E-state index in [0.717, 1.165) is 18.6 Å². The Morgan fingerprint density at radius 2 is 0.900 bits per heavy atom. The quantitative estimate of drug-likeness (QED) is 0.0605. The molecule has 6 atom stereocenters. The number of thiol groups is 1. The lowest BCUT2D eigenvalue weighted by atomic mass is 10.00. The fourth-order valence-corrected chi connectivity index (χ4v) is 3.13. The van der Waals surface area contributed by atoms with E-state index in [0.29, 0.717) is 0 Å². The Balaban J connectivity index is -0.000000235. The zero-order valence-corrected chi connectivity index (χ0v) is 24.5. The van der Waals surface area contributed by atoms with Crippen molar-refractivity contribution in [2.45, 2.75) is 101 Å². The SMILES string of the molecule is OCC(O)CCCCCCCCCCCS.OCCO.OCCO.OCCO.OC[C@H]1OC(O)[C@@H](O)[C@@H](O)[C@@H]1O. The van der Waals surface area contributed by atoms with Crippen molar-refractivity contribution in [1.29, 1.82) is 0 Å². The maximum Gasteiger partial charge on any atom is 0.184 e. The largest absolute Gasteiger partial charge is 0.394 e. The van der Waals surface area contributed by atoms with E-state index in [9.17, 15) is 0 Å². The van der Waals surface area contributed by atoms with Crippen LogP contribution in [-0.2, 0) is 4.74 Å². The molecule has 0 radical (unpaired) electrons.